The molecule has 0 spiro atoms. The predicted octanol–water partition coefficient (Wildman–Crippen LogP) is 2.00. The van der Waals surface area contributed by atoms with E-state index in [2.05, 4.69) is 36.4 Å². The first-order valence-corrected chi connectivity index (χ1v) is 6.89. The third-order valence-electron chi connectivity index (χ3n) is 2.34. The van der Waals surface area contributed by atoms with Crippen molar-refractivity contribution in [1.82, 2.24) is 20.3 Å². The van der Waals surface area contributed by atoms with Crippen LogP contribution in [0.5, 0.6) is 0 Å². The predicted molar refractivity (Wildman–Crippen MR) is 69.6 cm³/mol. The van der Waals surface area contributed by atoms with E-state index >= 15 is 0 Å². The average Bonchev–Trinajstić information content (AvgIpc) is 2.65. The van der Waals surface area contributed by atoms with Gasteiger partial charge >= 0.3 is 0 Å². The maximum atomic E-state index is 3.99. The van der Waals surface area contributed by atoms with Crippen LogP contribution in [0.4, 0.5) is 0 Å². The lowest BCUT2D eigenvalue weighted by atomic mass is 10.2. The van der Waals surface area contributed by atoms with Gasteiger partial charge in [-0.15, -0.1) is 5.10 Å². The Morgan fingerprint density at radius 2 is 2.25 bits per heavy atom. The maximum absolute atomic E-state index is 3.99. The molecule has 0 radical (unpaired) electrons. The molecule has 0 aliphatic carbocycles. The number of aromatic nitrogens is 3. The monoisotopic (exact) mass is 242 g/mol. The summed E-state index contributed by atoms with van der Waals surface area (Å²) in [5, 5.41) is 12.1. The van der Waals surface area contributed by atoms with E-state index in [0.29, 0.717) is 11.3 Å². The summed E-state index contributed by atoms with van der Waals surface area (Å²) in [6.45, 7) is 7.67. The standard InChI is InChI=1S/C11H22N4S/c1-5-6-12-10(8-16-9(2)3)11-7-13-14-15(11)4/h7,9-10,12H,5-6,8H2,1-4H3. The minimum atomic E-state index is 0.354. The molecule has 1 rings (SSSR count). The number of rotatable bonds is 7. The zero-order valence-corrected chi connectivity index (χ0v) is 11.4. The van der Waals surface area contributed by atoms with Crippen molar-refractivity contribution < 1.29 is 0 Å². The van der Waals surface area contributed by atoms with Gasteiger partial charge in [0.2, 0.25) is 0 Å². The largest absolute Gasteiger partial charge is 0.308 e. The van der Waals surface area contributed by atoms with Crippen LogP contribution in [0, 0.1) is 0 Å². The number of nitrogens with one attached hydrogen (secondary N) is 1. The fourth-order valence-electron chi connectivity index (χ4n) is 1.47. The lowest BCUT2D eigenvalue weighted by Crippen LogP contribution is -2.26. The van der Waals surface area contributed by atoms with Crippen molar-refractivity contribution in [3.8, 4) is 0 Å². The van der Waals surface area contributed by atoms with Crippen molar-refractivity contribution in [3.05, 3.63) is 11.9 Å². The van der Waals surface area contributed by atoms with Crippen molar-refractivity contribution in [1.29, 1.82) is 0 Å². The van der Waals surface area contributed by atoms with Crippen molar-refractivity contribution in [2.75, 3.05) is 12.3 Å². The van der Waals surface area contributed by atoms with Crippen molar-refractivity contribution in [2.24, 2.45) is 7.05 Å². The molecule has 4 nitrogen and oxygen atoms in total. The highest BCUT2D eigenvalue weighted by Gasteiger charge is 2.15. The van der Waals surface area contributed by atoms with Gasteiger partial charge in [0.25, 0.3) is 0 Å². The van der Waals surface area contributed by atoms with E-state index in [4.69, 9.17) is 0 Å². The molecule has 0 aromatic carbocycles. The van der Waals surface area contributed by atoms with Crippen LogP contribution in [0.2, 0.25) is 0 Å². The topological polar surface area (TPSA) is 42.7 Å². The molecule has 1 N–H and O–H groups in total. The number of hydrogen-bond donors (Lipinski definition) is 1. The molecule has 1 unspecified atom stereocenters. The van der Waals surface area contributed by atoms with Crippen LogP contribution in [0.25, 0.3) is 0 Å². The molecular weight excluding hydrogens is 220 g/mol. The van der Waals surface area contributed by atoms with E-state index in [1.807, 2.05) is 29.7 Å². The summed E-state index contributed by atoms with van der Waals surface area (Å²) in [5.74, 6) is 1.07. The summed E-state index contributed by atoms with van der Waals surface area (Å²) in [4.78, 5) is 0. The smallest absolute Gasteiger partial charge is 0.0761 e. The fraction of sp³-hybridized carbons (Fsp3) is 0.818. The minimum Gasteiger partial charge on any atom is -0.308 e. The second-order valence-electron chi connectivity index (χ2n) is 4.17. The van der Waals surface area contributed by atoms with E-state index in [-0.39, 0.29) is 0 Å². The quantitative estimate of drug-likeness (QED) is 0.794. The normalized spacial score (nSPS) is 13.3. The second-order valence-corrected chi connectivity index (χ2v) is 5.78. The van der Waals surface area contributed by atoms with Crippen molar-refractivity contribution in [2.45, 2.75) is 38.5 Å². The van der Waals surface area contributed by atoms with E-state index in [1.165, 1.54) is 5.69 Å². The number of hydrogen-bond acceptors (Lipinski definition) is 4. The Balaban J connectivity index is 2.60. The van der Waals surface area contributed by atoms with Gasteiger partial charge in [0.15, 0.2) is 0 Å². The molecule has 0 aliphatic heterocycles. The van der Waals surface area contributed by atoms with Gasteiger partial charge in [-0.3, -0.25) is 4.68 Å². The third-order valence-corrected chi connectivity index (χ3v) is 3.54. The third kappa shape index (κ3) is 4.14. The van der Waals surface area contributed by atoms with Crippen LogP contribution in [-0.4, -0.2) is 32.5 Å². The molecule has 5 heteroatoms. The van der Waals surface area contributed by atoms with Crippen LogP contribution in [-0.2, 0) is 7.05 Å². The molecule has 0 amide bonds. The molecule has 0 fully saturated rings. The molecular formula is C11H22N4S. The van der Waals surface area contributed by atoms with E-state index < -0.39 is 0 Å². The lowest BCUT2D eigenvalue weighted by Gasteiger charge is -2.18. The van der Waals surface area contributed by atoms with Gasteiger partial charge in [-0.2, -0.15) is 11.8 Å². The summed E-state index contributed by atoms with van der Waals surface area (Å²) in [6.07, 6.45) is 3.00. The van der Waals surface area contributed by atoms with Crippen LogP contribution in [0.1, 0.15) is 38.9 Å². The summed E-state index contributed by atoms with van der Waals surface area (Å²) in [7, 11) is 1.95. The Hall–Kier alpha value is -0.550. The zero-order chi connectivity index (χ0) is 12.0. The Bertz CT molecular complexity index is 298. The van der Waals surface area contributed by atoms with Crippen LogP contribution < -0.4 is 5.32 Å². The maximum Gasteiger partial charge on any atom is 0.0761 e. The van der Waals surface area contributed by atoms with Gasteiger partial charge in [-0.25, -0.2) is 0 Å². The molecule has 1 aromatic heterocycles. The van der Waals surface area contributed by atoms with E-state index in [1.54, 1.807) is 0 Å². The summed E-state index contributed by atoms with van der Waals surface area (Å²) in [5.41, 5.74) is 1.17. The number of nitrogens with zero attached hydrogens (tertiary/aromatic N) is 3. The Morgan fingerprint density at radius 3 is 2.75 bits per heavy atom. The summed E-state index contributed by atoms with van der Waals surface area (Å²) < 4.78 is 1.86. The lowest BCUT2D eigenvalue weighted by molar-refractivity contribution is 0.532. The molecule has 1 aromatic rings. The minimum absolute atomic E-state index is 0.354. The Morgan fingerprint density at radius 1 is 1.50 bits per heavy atom. The molecule has 16 heavy (non-hydrogen) atoms. The van der Waals surface area contributed by atoms with Gasteiger partial charge < -0.3 is 5.32 Å². The van der Waals surface area contributed by atoms with Gasteiger partial charge in [0.1, 0.15) is 0 Å². The van der Waals surface area contributed by atoms with Crippen molar-refractivity contribution in [3.63, 3.8) is 0 Å². The van der Waals surface area contributed by atoms with E-state index in [0.717, 1.165) is 18.7 Å². The average molecular weight is 242 g/mol. The Kier molecular flexibility index (Phi) is 5.84. The molecule has 1 atom stereocenters. The first-order chi connectivity index (χ1) is 7.65. The molecule has 0 aliphatic rings. The first kappa shape index (κ1) is 13.5. The summed E-state index contributed by atoms with van der Waals surface area (Å²) in [6, 6.07) is 0.354. The molecule has 0 bridgehead atoms. The highest BCUT2D eigenvalue weighted by molar-refractivity contribution is 7.99. The SMILES string of the molecule is CCCNC(CSC(C)C)c1cnnn1C. The van der Waals surface area contributed by atoms with Crippen LogP contribution in [0.15, 0.2) is 6.20 Å². The van der Waals surface area contributed by atoms with E-state index in [9.17, 15) is 0 Å². The highest BCUT2D eigenvalue weighted by atomic mass is 32.2. The van der Waals surface area contributed by atoms with Gasteiger partial charge in [0, 0.05) is 12.8 Å². The number of aryl methyl sites for hydroxylation is 1. The van der Waals surface area contributed by atoms with Crippen molar-refractivity contribution >= 4 is 11.8 Å². The number of thioether (sulfide) groups is 1. The summed E-state index contributed by atoms with van der Waals surface area (Å²) >= 11 is 1.97. The molecule has 0 saturated heterocycles. The molecule has 0 saturated carbocycles. The second kappa shape index (κ2) is 6.91. The zero-order valence-electron chi connectivity index (χ0n) is 10.6. The van der Waals surface area contributed by atoms with Crippen LogP contribution in [0.3, 0.4) is 0 Å². The highest BCUT2D eigenvalue weighted by Crippen LogP contribution is 2.20. The Labute approximate surface area is 102 Å². The molecule has 92 valence electrons. The fourth-order valence-corrected chi connectivity index (χ4v) is 2.34. The first-order valence-electron chi connectivity index (χ1n) is 5.84. The molecule has 1 heterocycles. The van der Waals surface area contributed by atoms with Gasteiger partial charge in [-0.1, -0.05) is 26.0 Å². The van der Waals surface area contributed by atoms with Gasteiger partial charge in [0.05, 0.1) is 17.9 Å². The van der Waals surface area contributed by atoms with Gasteiger partial charge in [-0.05, 0) is 18.2 Å². The van der Waals surface area contributed by atoms with Crippen LogP contribution >= 0.6 is 11.8 Å².